The molecule has 0 bridgehead atoms. The van der Waals surface area contributed by atoms with Crippen LogP contribution >= 0.6 is 11.6 Å². The van der Waals surface area contributed by atoms with Crippen molar-refractivity contribution in [3.8, 4) is 17.0 Å². The number of nitrogens with zero attached hydrogens (tertiary/aromatic N) is 1. The van der Waals surface area contributed by atoms with Crippen LogP contribution < -0.4 is 10.3 Å². The first-order valence-electron chi connectivity index (χ1n) is 7.23. The van der Waals surface area contributed by atoms with E-state index in [-0.39, 0.29) is 11.4 Å². The number of ether oxygens (including phenoxy) is 1. The van der Waals surface area contributed by atoms with Gasteiger partial charge in [0.1, 0.15) is 5.75 Å². The van der Waals surface area contributed by atoms with E-state index < -0.39 is 0 Å². The standard InChI is InChI=1S/C17H20ClNO2/c1-3-10-21-15-7-5-6-13(11-15)16-9-8-14(12-18)17(20)19(16)4-2/h5-9,11H,3-4,10,12H2,1-2H3. The molecule has 4 heteroatoms. The predicted octanol–water partition coefficient (Wildman–Crippen LogP) is 4.06. The van der Waals surface area contributed by atoms with Crippen molar-refractivity contribution in [2.24, 2.45) is 0 Å². The highest BCUT2D eigenvalue weighted by Gasteiger charge is 2.09. The highest BCUT2D eigenvalue weighted by molar-refractivity contribution is 6.17. The topological polar surface area (TPSA) is 31.2 Å². The molecule has 1 aromatic heterocycles. The van der Waals surface area contributed by atoms with Gasteiger partial charge in [-0.1, -0.05) is 25.1 Å². The Hall–Kier alpha value is -1.74. The van der Waals surface area contributed by atoms with Gasteiger partial charge in [-0.2, -0.15) is 0 Å². The second-order valence-corrected chi connectivity index (χ2v) is 5.07. The van der Waals surface area contributed by atoms with Gasteiger partial charge in [0.2, 0.25) is 0 Å². The summed E-state index contributed by atoms with van der Waals surface area (Å²) in [7, 11) is 0. The van der Waals surface area contributed by atoms with E-state index in [4.69, 9.17) is 16.3 Å². The van der Waals surface area contributed by atoms with Crippen LogP contribution in [0.4, 0.5) is 0 Å². The van der Waals surface area contributed by atoms with Crippen LogP contribution in [0.5, 0.6) is 5.75 Å². The smallest absolute Gasteiger partial charge is 0.255 e. The first kappa shape index (κ1) is 15.6. The Balaban J connectivity index is 2.46. The lowest BCUT2D eigenvalue weighted by Crippen LogP contribution is -2.23. The molecule has 0 saturated heterocycles. The molecular formula is C17H20ClNO2. The Morgan fingerprint density at radius 2 is 2.00 bits per heavy atom. The van der Waals surface area contributed by atoms with Gasteiger partial charge >= 0.3 is 0 Å². The summed E-state index contributed by atoms with van der Waals surface area (Å²) >= 11 is 5.81. The number of halogens is 1. The Morgan fingerprint density at radius 3 is 2.67 bits per heavy atom. The summed E-state index contributed by atoms with van der Waals surface area (Å²) in [6.45, 7) is 5.33. The quantitative estimate of drug-likeness (QED) is 0.754. The van der Waals surface area contributed by atoms with Crippen LogP contribution in [0.15, 0.2) is 41.2 Å². The number of pyridine rings is 1. The van der Waals surface area contributed by atoms with E-state index in [2.05, 4.69) is 6.92 Å². The molecule has 1 aromatic carbocycles. The molecule has 1 heterocycles. The zero-order valence-electron chi connectivity index (χ0n) is 12.4. The van der Waals surface area contributed by atoms with Crippen molar-refractivity contribution in [3.05, 3.63) is 52.3 Å². The number of aromatic nitrogens is 1. The Morgan fingerprint density at radius 1 is 1.19 bits per heavy atom. The van der Waals surface area contributed by atoms with Gasteiger partial charge in [-0.05, 0) is 31.5 Å². The van der Waals surface area contributed by atoms with Crippen molar-refractivity contribution in [2.45, 2.75) is 32.7 Å². The van der Waals surface area contributed by atoms with Crippen molar-refractivity contribution in [3.63, 3.8) is 0 Å². The maximum atomic E-state index is 12.3. The number of benzene rings is 1. The highest BCUT2D eigenvalue weighted by Crippen LogP contribution is 2.23. The lowest BCUT2D eigenvalue weighted by molar-refractivity contribution is 0.317. The fourth-order valence-corrected chi connectivity index (χ4v) is 2.46. The summed E-state index contributed by atoms with van der Waals surface area (Å²) in [6, 6.07) is 11.6. The fraction of sp³-hybridized carbons (Fsp3) is 0.353. The van der Waals surface area contributed by atoms with Crippen molar-refractivity contribution in [2.75, 3.05) is 6.61 Å². The molecule has 0 aliphatic heterocycles. The Kier molecular flexibility index (Phi) is 5.45. The molecule has 2 aromatic rings. The number of alkyl halides is 1. The molecule has 0 radical (unpaired) electrons. The SMILES string of the molecule is CCCOc1cccc(-c2ccc(CCl)c(=O)n2CC)c1. The van der Waals surface area contributed by atoms with Gasteiger partial charge in [-0.15, -0.1) is 11.6 Å². The largest absolute Gasteiger partial charge is 0.494 e. The number of rotatable bonds is 6. The third-order valence-electron chi connectivity index (χ3n) is 3.32. The minimum Gasteiger partial charge on any atom is -0.494 e. The molecule has 0 atom stereocenters. The molecule has 0 aliphatic rings. The van der Waals surface area contributed by atoms with E-state index in [0.29, 0.717) is 18.7 Å². The van der Waals surface area contributed by atoms with Gasteiger partial charge in [0.05, 0.1) is 18.2 Å². The average Bonchev–Trinajstić information content (AvgIpc) is 2.52. The van der Waals surface area contributed by atoms with Gasteiger partial charge in [-0.25, -0.2) is 0 Å². The van der Waals surface area contributed by atoms with Crippen LogP contribution in [0.1, 0.15) is 25.8 Å². The molecule has 0 aliphatic carbocycles. The van der Waals surface area contributed by atoms with Crippen molar-refractivity contribution in [1.82, 2.24) is 4.57 Å². The van der Waals surface area contributed by atoms with Crippen molar-refractivity contribution in [1.29, 1.82) is 0 Å². The molecule has 0 fully saturated rings. The van der Waals surface area contributed by atoms with Gasteiger partial charge in [0.15, 0.2) is 0 Å². The first-order chi connectivity index (χ1) is 10.2. The zero-order chi connectivity index (χ0) is 15.2. The lowest BCUT2D eigenvalue weighted by atomic mass is 10.1. The maximum Gasteiger partial charge on any atom is 0.255 e. The van der Waals surface area contributed by atoms with Crippen LogP contribution in [0, 0.1) is 0 Å². The third kappa shape index (κ3) is 3.48. The molecule has 0 unspecified atom stereocenters. The molecule has 0 amide bonds. The summed E-state index contributed by atoms with van der Waals surface area (Å²) in [5.41, 5.74) is 2.47. The lowest BCUT2D eigenvalue weighted by Gasteiger charge is -2.13. The molecule has 3 nitrogen and oxygen atoms in total. The summed E-state index contributed by atoms with van der Waals surface area (Å²) in [6.07, 6.45) is 0.967. The van der Waals surface area contributed by atoms with Gasteiger partial charge in [0, 0.05) is 17.7 Å². The first-order valence-corrected chi connectivity index (χ1v) is 7.76. The number of hydrogen-bond acceptors (Lipinski definition) is 2. The molecule has 0 saturated carbocycles. The van der Waals surface area contributed by atoms with Gasteiger partial charge < -0.3 is 9.30 Å². The fourth-order valence-electron chi connectivity index (χ4n) is 2.26. The molecular weight excluding hydrogens is 286 g/mol. The Bertz CT molecular complexity index is 664. The van der Waals surface area contributed by atoms with E-state index in [1.54, 1.807) is 10.6 Å². The molecule has 2 rings (SSSR count). The van der Waals surface area contributed by atoms with Crippen LogP contribution in [0.2, 0.25) is 0 Å². The second kappa shape index (κ2) is 7.32. The van der Waals surface area contributed by atoms with Crippen LogP contribution in [-0.2, 0) is 12.4 Å². The minimum atomic E-state index is -0.0233. The summed E-state index contributed by atoms with van der Waals surface area (Å²) in [5.74, 6) is 1.06. The van der Waals surface area contributed by atoms with Crippen molar-refractivity contribution >= 4 is 11.6 Å². The van der Waals surface area contributed by atoms with Crippen LogP contribution in [-0.4, -0.2) is 11.2 Å². The van der Waals surface area contributed by atoms with E-state index in [9.17, 15) is 4.79 Å². The van der Waals surface area contributed by atoms with E-state index in [1.165, 1.54) is 0 Å². The van der Waals surface area contributed by atoms with Gasteiger partial charge in [0.25, 0.3) is 5.56 Å². The Labute approximate surface area is 130 Å². The molecule has 0 spiro atoms. The maximum absolute atomic E-state index is 12.3. The molecule has 112 valence electrons. The summed E-state index contributed by atoms with van der Waals surface area (Å²) in [5, 5.41) is 0. The molecule has 0 N–H and O–H groups in total. The highest BCUT2D eigenvalue weighted by atomic mass is 35.5. The second-order valence-electron chi connectivity index (χ2n) is 4.80. The normalized spacial score (nSPS) is 10.6. The average molecular weight is 306 g/mol. The molecule has 21 heavy (non-hydrogen) atoms. The van der Waals surface area contributed by atoms with Crippen molar-refractivity contribution < 1.29 is 4.74 Å². The third-order valence-corrected chi connectivity index (χ3v) is 3.60. The van der Waals surface area contributed by atoms with Gasteiger partial charge in [-0.3, -0.25) is 4.79 Å². The zero-order valence-corrected chi connectivity index (χ0v) is 13.2. The van der Waals surface area contributed by atoms with E-state index >= 15 is 0 Å². The van der Waals surface area contributed by atoms with E-state index in [0.717, 1.165) is 23.4 Å². The summed E-state index contributed by atoms with van der Waals surface area (Å²) < 4.78 is 7.40. The van der Waals surface area contributed by atoms with Crippen LogP contribution in [0.25, 0.3) is 11.3 Å². The predicted molar refractivity (Wildman–Crippen MR) is 87.2 cm³/mol. The summed E-state index contributed by atoms with van der Waals surface area (Å²) in [4.78, 5) is 12.3. The number of hydrogen-bond donors (Lipinski definition) is 0. The monoisotopic (exact) mass is 305 g/mol. The van der Waals surface area contributed by atoms with E-state index in [1.807, 2.05) is 37.3 Å². The van der Waals surface area contributed by atoms with Crippen LogP contribution in [0.3, 0.4) is 0 Å². The minimum absolute atomic E-state index is 0.0233.